The van der Waals surface area contributed by atoms with Crippen molar-refractivity contribution in [1.82, 2.24) is 15.2 Å². The molecular weight excluding hydrogens is 270 g/mol. The lowest BCUT2D eigenvalue weighted by atomic mass is 9.90. The number of rotatable bonds is 3. The molecule has 2 fully saturated rings. The molecule has 4 unspecified atom stereocenters. The second-order valence-electron chi connectivity index (χ2n) is 6.17. The molecule has 1 aliphatic carbocycles. The fourth-order valence-electron chi connectivity index (χ4n) is 3.99. The summed E-state index contributed by atoms with van der Waals surface area (Å²) >= 11 is 1.64. The predicted octanol–water partition coefficient (Wildman–Crippen LogP) is 2.27. The van der Waals surface area contributed by atoms with Crippen LogP contribution >= 0.6 is 11.3 Å². The number of carbonyl (C=O) groups is 1. The summed E-state index contributed by atoms with van der Waals surface area (Å²) in [7, 11) is 1.91. The van der Waals surface area contributed by atoms with E-state index < -0.39 is 0 Å². The lowest BCUT2D eigenvalue weighted by Gasteiger charge is -2.31. The molecule has 3 rings (SSSR count). The molecule has 1 N–H and O–H groups in total. The highest BCUT2D eigenvalue weighted by Gasteiger charge is 2.43. The number of hydrogen-bond donors (Lipinski definition) is 1. The highest BCUT2D eigenvalue weighted by molar-refractivity contribution is 7.09. The quantitative estimate of drug-likeness (QED) is 0.930. The molecule has 2 heterocycles. The van der Waals surface area contributed by atoms with E-state index in [2.05, 4.69) is 22.1 Å². The summed E-state index contributed by atoms with van der Waals surface area (Å²) in [4.78, 5) is 20.4. The van der Waals surface area contributed by atoms with Crippen LogP contribution in [0.5, 0.6) is 0 Å². The Balaban J connectivity index is 1.87. The van der Waals surface area contributed by atoms with E-state index in [0.717, 1.165) is 6.54 Å². The zero-order valence-corrected chi connectivity index (χ0v) is 13.0. The number of thiazole rings is 1. The molecule has 2 aliphatic rings. The molecule has 0 radical (unpaired) electrons. The number of likely N-dealkylation sites (tertiary alicyclic amines) is 1. The maximum atomic E-state index is 12.9. The molecule has 1 amide bonds. The van der Waals surface area contributed by atoms with Crippen molar-refractivity contribution in [3.05, 3.63) is 16.6 Å². The number of carbonyl (C=O) groups excluding carboxylic acids is 1. The highest BCUT2D eigenvalue weighted by atomic mass is 32.1. The summed E-state index contributed by atoms with van der Waals surface area (Å²) in [5, 5.41) is 3.24. The SMILES string of the molecule is CNC1C(=O)N(Cc2cncs2)C2CCCC2CC1C. The monoisotopic (exact) mass is 293 g/mol. The van der Waals surface area contributed by atoms with Crippen LogP contribution in [0.1, 0.15) is 37.5 Å². The third-order valence-electron chi connectivity index (χ3n) is 4.93. The molecule has 1 saturated heterocycles. The summed E-state index contributed by atoms with van der Waals surface area (Å²) in [6.07, 6.45) is 6.76. The van der Waals surface area contributed by atoms with Gasteiger partial charge in [-0.2, -0.15) is 0 Å². The van der Waals surface area contributed by atoms with Crippen LogP contribution in [0.2, 0.25) is 0 Å². The highest BCUT2D eigenvalue weighted by Crippen LogP contribution is 2.39. The Kier molecular flexibility index (Phi) is 4.08. The maximum Gasteiger partial charge on any atom is 0.240 e. The van der Waals surface area contributed by atoms with Crippen molar-refractivity contribution < 1.29 is 4.79 Å². The van der Waals surface area contributed by atoms with E-state index in [1.165, 1.54) is 30.6 Å². The molecule has 4 nitrogen and oxygen atoms in total. The van der Waals surface area contributed by atoms with Crippen molar-refractivity contribution in [2.45, 2.75) is 51.2 Å². The van der Waals surface area contributed by atoms with Gasteiger partial charge in [0.25, 0.3) is 0 Å². The Morgan fingerprint density at radius 1 is 1.50 bits per heavy atom. The fraction of sp³-hybridized carbons (Fsp3) is 0.733. The zero-order chi connectivity index (χ0) is 14.1. The molecule has 5 heteroatoms. The first-order chi connectivity index (χ1) is 9.70. The Bertz CT molecular complexity index is 462. The normalized spacial score (nSPS) is 34.1. The summed E-state index contributed by atoms with van der Waals surface area (Å²) in [6, 6.07) is 0.402. The minimum Gasteiger partial charge on any atom is -0.333 e. The Hall–Kier alpha value is -0.940. The average Bonchev–Trinajstić information content (AvgIpc) is 3.06. The largest absolute Gasteiger partial charge is 0.333 e. The van der Waals surface area contributed by atoms with Crippen LogP contribution < -0.4 is 5.32 Å². The van der Waals surface area contributed by atoms with E-state index >= 15 is 0 Å². The number of amides is 1. The Morgan fingerprint density at radius 3 is 3.05 bits per heavy atom. The third-order valence-corrected chi connectivity index (χ3v) is 5.70. The molecule has 1 saturated carbocycles. The number of hydrogen-bond acceptors (Lipinski definition) is 4. The van der Waals surface area contributed by atoms with E-state index in [-0.39, 0.29) is 11.9 Å². The second-order valence-corrected chi connectivity index (χ2v) is 7.14. The van der Waals surface area contributed by atoms with Crippen molar-refractivity contribution in [1.29, 1.82) is 0 Å². The zero-order valence-electron chi connectivity index (χ0n) is 12.2. The summed E-state index contributed by atoms with van der Waals surface area (Å²) in [6.45, 7) is 2.94. The number of fused-ring (bicyclic) bond motifs is 1. The van der Waals surface area contributed by atoms with Gasteiger partial charge in [0.15, 0.2) is 0 Å². The number of likely N-dealkylation sites (N-methyl/N-ethyl adjacent to an activating group) is 1. The van der Waals surface area contributed by atoms with Gasteiger partial charge in [0.05, 0.1) is 18.1 Å². The number of nitrogens with zero attached hydrogens (tertiary/aromatic N) is 2. The van der Waals surface area contributed by atoms with Crippen LogP contribution in [0.15, 0.2) is 11.7 Å². The van der Waals surface area contributed by atoms with E-state index in [1.54, 1.807) is 11.3 Å². The van der Waals surface area contributed by atoms with Crippen molar-refractivity contribution in [3.8, 4) is 0 Å². The summed E-state index contributed by atoms with van der Waals surface area (Å²) in [5.74, 6) is 1.38. The van der Waals surface area contributed by atoms with Crippen molar-refractivity contribution in [2.75, 3.05) is 7.05 Å². The molecule has 110 valence electrons. The van der Waals surface area contributed by atoms with Gasteiger partial charge in [-0.15, -0.1) is 11.3 Å². The van der Waals surface area contributed by atoms with Crippen LogP contribution in [0.3, 0.4) is 0 Å². The van der Waals surface area contributed by atoms with Gasteiger partial charge in [-0.25, -0.2) is 0 Å². The first kappa shape index (κ1) is 14.0. The Morgan fingerprint density at radius 2 is 2.35 bits per heavy atom. The van der Waals surface area contributed by atoms with E-state index in [1.807, 2.05) is 18.8 Å². The van der Waals surface area contributed by atoms with Gasteiger partial charge in [-0.3, -0.25) is 9.78 Å². The van der Waals surface area contributed by atoms with Gasteiger partial charge in [0, 0.05) is 17.1 Å². The van der Waals surface area contributed by atoms with Crippen LogP contribution in [0.25, 0.3) is 0 Å². The van der Waals surface area contributed by atoms with E-state index in [9.17, 15) is 4.79 Å². The molecule has 20 heavy (non-hydrogen) atoms. The van der Waals surface area contributed by atoms with Gasteiger partial charge in [0.1, 0.15) is 0 Å². The standard InChI is InChI=1S/C15H23N3OS/c1-10-6-11-4-3-5-13(11)18(15(19)14(10)16-2)8-12-7-17-9-20-12/h7,9-11,13-14,16H,3-6,8H2,1-2H3. The maximum absolute atomic E-state index is 12.9. The summed E-state index contributed by atoms with van der Waals surface area (Å²) < 4.78 is 0. The van der Waals surface area contributed by atoms with Gasteiger partial charge in [-0.05, 0) is 38.1 Å². The first-order valence-corrected chi connectivity index (χ1v) is 8.43. The van der Waals surface area contributed by atoms with Crippen molar-refractivity contribution in [3.63, 3.8) is 0 Å². The lowest BCUT2D eigenvalue weighted by Crippen LogP contribution is -2.49. The predicted molar refractivity (Wildman–Crippen MR) is 80.4 cm³/mol. The van der Waals surface area contributed by atoms with Gasteiger partial charge in [0.2, 0.25) is 5.91 Å². The molecule has 1 aliphatic heterocycles. The van der Waals surface area contributed by atoms with Crippen LogP contribution in [0, 0.1) is 11.8 Å². The van der Waals surface area contributed by atoms with Crippen LogP contribution in [-0.2, 0) is 11.3 Å². The third kappa shape index (κ3) is 2.49. The first-order valence-electron chi connectivity index (χ1n) is 7.55. The molecular formula is C15H23N3OS. The average molecular weight is 293 g/mol. The molecule has 0 spiro atoms. The molecule has 4 atom stereocenters. The molecule has 0 bridgehead atoms. The summed E-state index contributed by atoms with van der Waals surface area (Å²) in [5.41, 5.74) is 1.85. The molecule has 1 aromatic rings. The topological polar surface area (TPSA) is 45.2 Å². The molecule has 1 aromatic heterocycles. The van der Waals surface area contributed by atoms with Gasteiger partial charge in [-0.1, -0.05) is 13.3 Å². The number of nitrogens with one attached hydrogen (secondary N) is 1. The van der Waals surface area contributed by atoms with Crippen LogP contribution in [-0.4, -0.2) is 34.9 Å². The van der Waals surface area contributed by atoms with E-state index in [0.29, 0.717) is 17.9 Å². The fourth-order valence-corrected chi connectivity index (χ4v) is 4.59. The minimum atomic E-state index is -0.0338. The Labute approximate surface area is 124 Å². The van der Waals surface area contributed by atoms with E-state index in [4.69, 9.17) is 0 Å². The number of aromatic nitrogens is 1. The lowest BCUT2D eigenvalue weighted by molar-refractivity contribution is -0.136. The molecule has 0 aromatic carbocycles. The van der Waals surface area contributed by atoms with Crippen LogP contribution in [0.4, 0.5) is 0 Å². The minimum absolute atomic E-state index is 0.0338. The van der Waals surface area contributed by atoms with Crippen molar-refractivity contribution >= 4 is 17.2 Å². The smallest absolute Gasteiger partial charge is 0.240 e. The van der Waals surface area contributed by atoms with Crippen molar-refractivity contribution in [2.24, 2.45) is 11.8 Å². The second kappa shape index (κ2) is 5.82. The van der Waals surface area contributed by atoms with Gasteiger partial charge < -0.3 is 10.2 Å². The van der Waals surface area contributed by atoms with Gasteiger partial charge >= 0.3 is 0 Å².